The van der Waals surface area contributed by atoms with Gasteiger partial charge >= 0.3 is 0 Å². The van der Waals surface area contributed by atoms with Gasteiger partial charge in [0, 0.05) is 12.6 Å². The third kappa shape index (κ3) is 2.36. The Balaban J connectivity index is 2.19. The second-order valence-corrected chi connectivity index (χ2v) is 4.82. The van der Waals surface area contributed by atoms with Crippen molar-refractivity contribution in [2.45, 2.75) is 27.4 Å². The number of rotatable bonds is 3. The molecule has 0 amide bonds. The van der Waals surface area contributed by atoms with Crippen molar-refractivity contribution < 1.29 is 4.74 Å². The lowest BCUT2D eigenvalue weighted by molar-refractivity contribution is 0.303. The fourth-order valence-corrected chi connectivity index (χ4v) is 2.10. The molecule has 0 radical (unpaired) electrons. The molecule has 0 fully saturated rings. The van der Waals surface area contributed by atoms with Gasteiger partial charge in [-0.25, -0.2) is 0 Å². The Morgan fingerprint density at radius 2 is 2.00 bits per heavy atom. The first-order valence-electron chi connectivity index (χ1n) is 5.87. The zero-order chi connectivity index (χ0) is 13.3. The number of ether oxygens (including phenoxy) is 1. The molecule has 4 heteroatoms. The number of aromatic nitrogens is 2. The third-order valence-corrected chi connectivity index (χ3v) is 3.67. The zero-order valence-corrected chi connectivity index (χ0v) is 11.9. The highest BCUT2D eigenvalue weighted by atomic mass is 35.5. The standard InChI is InChI=1S/C14H17ClN2O/c1-9-6-5-7-13(10(9)2)18-8-12-11(3)16-17(4)14(12)15/h5-7H,8H2,1-4H3. The van der Waals surface area contributed by atoms with Gasteiger partial charge in [0.25, 0.3) is 0 Å². The summed E-state index contributed by atoms with van der Waals surface area (Å²) in [5.41, 5.74) is 4.24. The Kier molecular flexibility index (Phi) is 3.62. The van der Waals surface area contributed by atoms with Crippen LogP contribution >= 0.6 is 11.6 Å². The van der Waals surface area contributed by atoms with Gasteiger partial charge < -0.3 is 4.74 Å². The van der Waals surface area contributed by atoms with Gasteiger partial charge in [-0.15, -0.1) is 0 Å². The van der Waals surface area contributed by atoms with Crippen molar-refractivity contribution in [3.63, 3.8) is 0 Å². The molecule has 0 unspecified atom stereocenters. The lowest BCUT2D eigenvalue weighted by atomic mass is 10.1. The second-order valence-electron chi connectivity index (χ2n) is 4.47. The van der Waals surface area contributed by atoms with Crippen LogP contribution in [0.1, 0.15) is 22.4 Å². The van der Waals surface area contributed by atoms with Gasteiger partial charge in [0.1, 0.15) is 17.5 Å². The molecule has 0 atom stereocenters. The summed E-state index contributed by atoms with van der Waals surface area (Å²) in [6.07, 6.45) is 0. The van der Waals surface area contributed by atoms with E-state index in [0.717, 1.165) is 22.6 Å². The number of hydrogen-bond donors (Lipinski definition) is 0. The van der Waals surface area contributed by atoms with E-state index in [1.807, 2.05) is 26.1 Å². The van der Waals surface area contributed by atoms with Crippen molar-refractivity contribution >= 4 is 11.6 Å². The maximum absolute atomic E-state index is 6.17. The normalized spacial score (nSPS) is 10.7. The number of halogens is 1. The largest absolute Gasteiger partial charge is 0.488 e. The van der Waals surface area contributed by atoms with E-state index in [0.29, 0.717) is 11.8 Å². The molecule has 0 aliphatic rings. The van der Waals surface area contributed by atoms with Crippen LogP contribution in [0.15, 0.2) is 18.2 Å². The van der Waals surface area contributed by atoms with Crippen LogP contribution in [0.5, 0.6) is 5.75 Å². The molecule has 18 heavy (non-hydrogen) atoms. The van der Waals surface area contributed by atoms with Crippen LogP contribution in [-0.2, 0) is 13.7 Å². The third-order valence-electron chi connectivity index (χ3n) is 3.20. The lowest BCUT2D eigenvalue weighted by Gasteiger charge is -2.10. The van der Waals surface area contributed by atoms with Crippen LogP contribution in [-0.4, -0.2) is 9.78 Å². The van der Waals surface area contributed by atoms with Crippen molar-refractivity contribution in [1.82, 2.24) is 9.78 Å². The average molecular weight is 265 g/mol. The van der Waals surface area contributed by atoms with Crippen molar-refractivity contribution in [2.75, 3.05) is 0 Å². The van der Waals surface area contributed by atoms with Gasteiger partial charge in [0.05, 0.1) is 5.69 Å². The molecular formula is C14H17ClN2O. The molecule has 1 aromatic heterocycles. The first kappa shape index (κ1) is 13.0. The predicted molar refractivity (Wildman–Crippen MR) is 73.2 cm³/mol. The minimum absolute atomic E-state index is 0.447. The first-order chi connectivity index (χ1) is 8.50. The monoisotopic (exact) mass is 264 g/mol. The summed E-state index contributed by atoms with van der Waals surface area (Å²) >= 11 is 6.17. The molecule has 1 heterocycles. The van der Waals surface area contributed by atoms with Crippen LogP contribution in [0.3, 0.4) is 0 Å². The van der Waals surface area contributed by atoms with Crippen LogP contribution in [0.25, 0.3) is 0 Å². The Hall–Kier alpha value is -1.48. The maximum Gasteiger partial charge on any atom is 0.133 e. The van der Waals surface area contributed by atoms with Gasteiger partial charge in [-0.1, -0.05) is 23.7 Å². The molecule has 0 bridgehead atoms. The van der Waals surface area contributed by atoms with Gasteiger partial charge in [0.2, 0.25) is 0 Å². The van der Waals surface area contributed by atoms with E-state index in [1.165, 1.54) is 5.56 Å². The molecule has 2 rings (SSSR count). The Bertz CT molecular complexity index is 575. The van der Waals surface area contributed by atoms with Crippen molar-refractivity contribution in [3.05, 3.63) is 45.7 Å². The van der Waals surface area contributed by atoms with E-state index in [1.54, 1.807) is 4.68 Å². The molecule has 2 aromatic rings. The molecule has 0 spiro atoms. The van der Waals surface area contributed by atoms with Gasteiger partial charge in [-0.05, 0) is 38.0 Å². The molecule has 96 valence electrons. The highest BCUT2D eigenvalue weighted by Gasteiger charge is 2.12. The van der Waals surface area contributed by atoms with E-state index in [-0.39, 0.29) is 0 Å². The van der Waals surface area contributed by atoms with E-state index in [9.17, 15) is 0 Å². The van der Waals surface area contributed by atoms with Crippen LogP contribution in [0, 0.1) is 20.8 Å². The summed E-state index contributed by atoms with van der Waals surface area (Å²) in [6, 6.07) is 6.04. The minimum Gasteiger partial charge on any atom is -0.488 e. The van der Waals surface area contributed by atoms with Crippen LogP contribution < -0.4 is 4.74 Å². The summed E-state index contributed by atoms with van der Waals surface area (Å²) in [4.78, 5) is 0. The summed E-state index contributed by atoms with van der Waals surface area (Å²) in [7, 11) is 1.83. The Labute approximate surface area is 112 Å². The fraction of sp³-hybridized carbons (Fsp3) is 0.357. The fourth-order valence-electron chi connectivity index (χ4n) is 1.87. The van der Waals surface area contributed by atoms with Gasteiger partial charge in [-0.3, -0.25) is 4.68 Å². The summed E-state index contributed by atoms with van der Waals surface area (Å²) in [6.45, 7) is 6.52. The number of hydrogen-bond acceptors (Lipinski definition) is 2. The van der Waals surface area contributed by atoms with E-state index in [2.05, 4.69) is 25.0 Å². The highest BCUT2D eigenvalue weighted by Crippen LogP contribution is 2.24. The zero-order valence-electron chi connectivity index (χ0n) is 11.1. The lowest BCUT2D eigenvalue weighted by Crippen LogP contribution is -1.99. The molecule has 3 nitrogen and oxygen atoms in total. The smallest absolute Gasteiger partial charge is 0.133 e. The highest BCUT2D eigenvalue weighted by molar-refractivity contribution is 6.30. The molecule has 1 aromatic carbocycles. The van der Waals surface area contributed by atoms with E-state index >= 15 is 0 Å². The first-order valence-corrected chi connectivity index (χ1v) is 6.25. The quantitative estimate of drug-likeness (QED) is 0.847. The Morgan fingerprint density at radius 1 is 1.28 bits per heavy atom. The van der Waals surface area contributed by atoms with Crippen molar-refractivity contribution in [3.8, 4) is 5.75 Å². The number of aryl methyl sites for hydroxylation is 3. The maximum atomic E-state index is 6.17. The molecule has 0 saturated carbocycles. The topological polar surface area (TPSA) is 27.1 Å². The number of nitrogens with zero attached hydrogens (tertiary/aromatic N) is 2. The van der Waals surface area contributed by atoms with E-state index < -0.39 is 0 Å². The summed E-state index contributed by atoms with van der Waals surface area (Å²) in [5.74, 6) is 0.898. The predicted octanol–water partition coefficient (Wildman–Crippen LogP) is 3.58. The molecule has 0 aliphatic carbocycles. The molecule has 0 aliphatic heterocycles. The van der Waals surface area contributed by atoms with Crippen LogP contribution in [0.2, 0.25) is 5.15 Å². The molecular weight excluding hydrogens is 248 g/mol. The summed E-state index contributed by atoms with van der Waals surface area (Å²) in [5, 5.41) is 4.90. The SMILES string of the molecule is Cc1cccc(OCc2c(C)nn(C)c2Cl)c1C. The average Bonchev–Trinajstić information content (AvgIpc) is 2.56. The van der Waals surface area contributed by atoms with Gasteiger partial charge in [-0.2, -0.15) is 5.10 Å². The van der Waals surface area contributed by atoms with E-state index in [4.69, 9.17) is 16.3 Å². The summed E-state index contributed by atoms with van der Waals surface area (Å²) < 4.78 is 7.51. The van der Waals surface area contributed by atoms with Crippen molar-refractivity contribution in [2.24, 2.45) is 7.05 Å². The molecule has 0 saturated heterocycles. The Morgan fingerprint density at radius 3 is 2.61 bits per heavy atom. The molecule has 0 N–H and O–H groups in total. The van der Waals surface area contributed by atoms with Crippen molar-refractivity contribution in [1.29, 1.82) is 0 Å². The van der Waals surface area contributed by atoms with Gasteiger partial charge in [0.15, 0.2) is 0 Å². The minimum atomic E-state index is 0.447. The van der Waals surface area contributed by atoms with Crippen LogP contribution in [0.4, 0.5) is 0 Å². The second kappa shape index (κ2) is 5.02. The number of benzene rings is 1.